The van der Waals surface area contributed by atoms with Crippen molar-refractivity contribution < 1.29 is 0 Å². The van der Waals surface area contributed by atoms with Gasteiger partial charge in [-0.2, -0.15) is 0 Å². The van der Waals surface area contributed by atoms with Crippen LogP contribution in [0.1, 0.15) is 25.3 Å². The second-order valence-electron chi connectivity index (χ2n) is 5.41. The van der Waals surface area contributed by atoms with Crippen LogP contribution in [-0.2, 0) is 6.42 Å². The summed E-state index contributed by atoms with van der Waals surface area (Å²) in [6.45, 7) is 2.24. The van der Waals surface area contributed by atoms with Gasteiger partial charge in [-0.15, -0.1) is 0 Å². The minimum Gasteiger partial charge on any atom is -0.241 e. The highest BCUT2D eigenvalue weighted by Gasteiger charge is 2.13. The van der Waals surface area contributed by atoms with E-state index in [4.69, 9.17) is 4.98 Å². The number of aryl methyl sites for hydroxylation is 1. The molecule has 0 aliphatic heterocycles. The van der Waals surface area contributed by atoms with Gasteiger partial charge in [0.05, 0.1) is 5.52 Å². The van der Waals surface area contributed by atoms with Crippen LogP contribution >= 0.6 is 45.2 Å². The lowest BCUT2D eigenvalue weighted by Gasteiger charge is -2.11. The molecule has 0 saturated heterocycles. The Hall–Kier alpha value is -0.690. The zero-order chi connectivity index (χ0) is 15.5. The fourth-order valence-corrected chi connectivity index (χ4v) is 4.99. The van der Waals surface area contributed by atoms with Gasteiger partial charge >= 0.3 is 0 Å². The SMILES string of the molecule is CCCCc1ccc(-c2c(I)nc3ccccc3c2I)cc1. The molecule has 0 amide bonds. The monoisotopic (exact) mass is 513 g/mol. The molecule has 0 radical (unpaired) electrons. The molecular weight excluding hydrogens is 496 g/mol. The number of pyridine rings is 1. The molecule has 1 aromatic heterocycles. The van der Waals surface area contributed by atoms with Crippen LogP contribution < -0.4 is 0 Å². The van der Waals surface area contributed by atoms with Crippen LogP contribution in [0.4, 0.5) is 0 Å². The fourth-order valence-electron chi connectivity index (χ4n) is 2.61. The molecule has 112 valence electrons. The van der Waals surface area contributed by atoms with Crippen LogP contribution in [-0.4, -0.2) is 4.98 Å². The van der Waals surface area contributed by atoms with Gasteiger partial charge in [-0.05, 0) is 75.2 Å². The van der Waals surface area contributed by atoms with Crippen molar-refractivity contribution in [2.45, 2.75) is 26.2 Å². The minimum atomic E-state index is 1.07. The summed E-state index contributed by atoms with van der Waals surface area (Å²) in [6.07, 6.45) is 3.67. The quantitative estimate of drug-likeness (QED) is 0.289. The van der Waals surface area contributed by atoms with Crippen LogP contribution in [0, 0.1) is 7.27 Å². The summed E-state index contributed by atoms with van der Waals surface area (Å²) < 4.78 is 2.36. The van der Waals surface area contributed by atoms with Gasteiger partial charge in [0, 0.05) is 14.5 Å². The van der Waals surface area contributed by atoms with E-state index in [1.165, 1.54) is 44.9 Å². The Morgan fingerprint density at radius 1 is 0.955 bits per heavy atom. The van der Waals surface area contributed by atoms with E-state index in [-0.39, 0.29) is 0 Å². The number of para-hydroxylation sites is 1. The molecule has 3 rings (SSSR count). The van der Waals surface area contributed by atoms with Crippen molar-refractivity contribution in [1.82, 2.24) is 4.98 Å². The van der Waals surface area contributed by atoms with Crippen molar-refractivity contribution in [3.05, 3.63) is 61.4 Å². The number of aromatic nitrogens is 1. The number of hydrogen-bond acceptors (Lipinski definition) is 1. The number of nitrogens with zero attached hydrogens (tertiary/aromatic N) is 1. The van der Waals surface area contributed by atoms with Crippen molar-refractivity contribution >= 4 is 56.1 Å². The Balaban J connectivity index is 2.06. The molecule has 3 heteroatoms. The summed E-state index contributed by atoms with van der Waals surface area (Å²) in [4.78, 5) is 4.77. The van der Waals surface area contributed by atoms with Gasteiger partial charge in [0.2, 0.25) is 0 Å². The lowest BCUT2D eigenvalue weighted by molar-refractivity contribution is 0.795. The molecule has 0 N–H and O–H groups in total. The average Bonchev–Trinajstić information content (AvgIpc) is 2.54. The highest BCUT2D eigenvalue weighted by molar-refractivity contribution is 14.1. The Bertz CT molecular complexity index is 794. The first-order valence-electron chi connectivity index (χ1n) is 7.53. The first-order valence-corrected chi connectivity index (χ1v) is 9.69. The predicted octanol–water partition coefficient (Wildman–Crippen LogP) is 6.45. The Morgan fingerprint density at radius 2 is 1.68 bits per heavy atom. The molecule has 0 atom stereocenters. The highest BCUT2D eigenvalue weighted by atomic mass is 127. The largest absolute Gasteiger partial charge is 0.241 e. The smallest absolute Gasteiger partial charge is 0.110 e. The number of fused-ring (bicyclic) bond motifs is 1. The molecule has 0 aliphatic carbocycles. The topological polar surface area (TPSA) is 12.9 Å². The van der Waals surface area contributed by atoms with Gasteiger partial charge in [0.15, 0.2) is 0 Å². The van der Waals surface area contributed by atoms with Gasteiger partial charge in [-0.1, -0.05) is 55.8 Å². The van der Waals surface area contributed by atoms with Gasteiger partial charge in [-0.25, -0.2) is 4.98 Å². The molecule has 0 bridgehead atoms. The number of rotatable bonds is 4. The maximum atomic E-state index is 4.77. The molecule has 1 heterocycles. The first kappa shape index (κ1) is 16.2. The third-order valence-corrected chi connectivity index (χ3v) is 5.75. The van der Waals surface area contributed by atoms with Gasteiger partial charge < -0.3 is 0 Å². The van der Waals surface area contributed by atoms with E-state index in [9.17, 15) is 0 Å². The Kier molecular flexibility index (Phi) is 5.33. The van der Waals surface area contributed by atoms with E-state index < -0.39 is 0 Å². The number of halogens is 2. The molecule has 0 aliphatic rings. The lowest BCUT2D eigenvalue weighted by atomic mass is 10.0. The van der Waals surface area contributed by atoms with Crippen molar-refractivity contribution in [2.75, 3.05) is 0 Å². The number of hydrogen-bond donors (Lipinski definition) is 0. The number of benzene rings is 2. The zero-order valence-electron chi connectivity index (χ0n) is 12.4. The average molecular weight is 513 g/mol. The van der Waals surface area contributed by atoms with E-state index in [0.717, 1.165) is 9.22 Å². The van der Waals surface area contributed by atoms with Crippen LogP contribution in [0.3, 0.4) is 0 Å². The predicted molar refractivity (Wildman–Crippen MR) is 111 cm³/mol. The van der Waals surface area contributed by atoms with Crippen LogP contribution in [0.15, 0.2) is 48.5 Å². The third kappa shape index (κ3) is 3.30. The zero-order valence-corrected chi connectivity index (χ0v) is 16.8. The summed E-state index contributed by atoms with van der Waals surface area (Å²) in [5.74, 6) is 0. The molecule has 0 unspecified atom stereocenters. The van der Waals surface area contributed by atoms with Gasteiger partial charge in [-0.3, -0.25) is 0 Å². The molecule has 1 nitrogen and oxygen atoms in total. The summed E-state index contributed by atoms with van der Waals surface area (Å²) in [5, 5.41) is 1.23. The maximum Gasteiger partial charge on any atom is 0.110 e. The molecule has 0 saturated carbocycles. The van der Waals surface area contributed by atoms with Crippen LogP contribution in [0.2, 0.25) is 0 Å². The third-order valence-electron chi connectivity index (χ3n) is 3.85. The van der Waals surface area contributed by atoms with Crippen molar-refractivity contribution in [1.29, 1.82) is 0 Å². The first-order chi connectivity index (χ1) is 10.7. The van der Waals surface area contributed by atoms with Crippen LogP contribution in [0.25, 0.3) is 22.0 Å². The summed E-state index contributed by atoms with van der Waals surface area (Å²) in [6, 6.07) is 17.3. The van der Waals surface area contributed by atoms with E-state index in [0.29, 0.717) is 0 Å². The molecule has 2 aromatic carbocycles. The molecule has 0 fully saturated rings. The number of unbranched alkanes of at least 4 members (excludes halogenated alkanes) is 1. The van der Waals surface area contributed by atoms with Crippen molar-refractivity contribution in [2.24, 2.45) is 0 Å². The molecular formula is C19H17I2N. The van der Waals surface area contributed by atoms with E-state index in [1.54, 1.807) is 0 Å². The van der Waals surface area contributed by atoms with E-state index in [1.807, 2.05) is 6.07 Å². The fraction of sp³-hybridized carbons (Fsp3) is 0.211. The second-order valence-corrected chi connectivity index (χ2v) is 7.51. The second kappa shape index (κ2) is 7.25. The molecule has 3 aromatic rings. The Labute approximate surface area is 158 Å². The summed E-state index contributed by atoms with van der Waals surface area (Å²) >= 11 is 4.81. The van der Waals surface area contributed by atoms with E-state index in [2.05, 4.69) is 94.6 Å². The molecule has 22 heavy (non-hydrogen) atoms. The maximum absolute atomic E-state index is 4.77. The normalized spacial score (nSPS) is 11.0. The van der Waals surface area contributed by atoms with Crippen molar-refractivity contribution in [3.8, 4) is 11.1 Å². The minimum absolute atomic E-state index is 1.07. The lowest BCUT2D eigenvalue weighted by Crippen LogP contribution is -1.95. The Morgan fingerprint density at radius 3 is 2.41 bits per heavy atom. The highest BCUT2D eigenvalue weighted by Crippen LogP contribution is 2.34. The standard InChI is InChI=1S/C19H17I2N/c1-2-3-6-13-9-11-14(12-10-13)17-18(20)15-7-4-5-8-16(15)22-19(17)21/h4-5,7-12H,2-3,6H2,1H3. The van der Waals surface area contributed by atoms with Gasteiger partial charge in [0.1, 0.15) is 3.70 Å². The van der Waals surface area contributed by atoms with Gasteiger partial charge in [0.25, 0.3) is 0 Å². The van der Waals surface area contributed by atoms with E-state index >= 15 is 0 Å². The summed E-state index contributed by atoms with van der Waals surface area (Å²) in [7, 11) is 0. The summed E-state index contributed by atoms with van der Waals surface area (Å²) in [5.41, 5.74) is 5.00. The van der Waals surface area contributed by atoms with Crippen LogP contribution in [0.5, 0.6) is 0 Å². The van der Waals surface area contributed by atoms with Crippen molar-refractivity contribution in [3.63, 3.8) is 0 Å². The molecule has 0 spiro atoms.